The third kappa shape index (κ3) is 3.37. The van der Waals surface area contributed by atoms with Crippen LogP contribution in [0.1, 0.15) is 0 Å². The van der Waals surface area contributed by atoms with Gasteiger partial charge >= 0.3 is 6.03 Å². The highest BCUT2D eigenvalue weighted by atomic mass is 35.5. The molecule has 3 rings (SSSR count). The number of fused-ring (bicyclic) bond motifs is 1. The first-order valence-electron chi connectivity index (χ1n) is 6.96. The van der Waals surface area contributed by atoms with E-state index in [2.05, 4.69) is 15.6 Å². The van der Waals surface area contributed by atoms with Crippen LogP contribution >= 0.6 is 22.9 Å². The predicted molar refractivity (Wildman–Crippen MR) is 96.8 cm³/mol. The van der Waals surface area contributed by atoms with Crippen LogP contribution in [-0.2, 0) is 0 Å². The Morgan fingerprint density at radius 2 is 1.71 bits per heavy atom. The molecular formula is C16H14ClN3O3S. The van der Waals surface area contributed by atoms with Crippen molar-refractivity contribution in [1.82, 2.24) is 4.98 Å². The fourth-order valence-electron chi connectivity index (χ4n) is 2.13. The quantitative estimate of drug-likeness (QED) is 0.709. The van der Waals surface area contributed by atoms with Crippen molar-refractivity contribution in [2.24, 2.45) is 0 Å². The predicted octanol–water partition coefficient (Wildman–Crippen LogP) is 4.61. The van der Waals surface area contributed by atoms with Crippen LogP contribution in [0, 0.1) is 0 Å². The summed E-state index contributed by atoms with van der Waals surface area (Å²) < 4.78 is 11.4. The number of hydrogen-bond acceptors (Lipinski definition) is 5. The number of anilines is 2. The summed E-state index contributed by atoms with van der Waals surface area (Å²) in [6.45, 7) is 0. The van der Waals surface area contributed by atoms with E-state index in [9.17, 15) is 4.79 Å². The molecule has 2 aromatic carbocycles. The molecule has 0 saturated heterocycles. The van der Waals surface area contributed by atoms with Gasteiger partial charge in [0.2, 0.25) is 0 Å². The van der Waals surface area contributed by atoms with Gasteiger partial charge in [0.25, 0.3) is 0 Å². The minimum absolute atomic E-state index is 0.394. The highest BCUT2D eigenvalue weighted by Gasteiger charge is 2.15. The maximum atomic E-state index is 12.1. The molecule has 2 amide bonds. The van der Waals surface area contributed by atoms with E-state index < -0.39 is 6.03 Å². The number of halogens is 1. The number of urea groups is 1. The zero-order chi connectivity index (χ0) is 17.1. The van der Waals surface area contributed by atoms with Crippen molar-refractivity contribution >= 4 is 50.0 Å². The molecule has 0 radical (unpaired) electrons. The second kappa shape index (κ2) is 6.94. The van der Waals surface area contributed by atoms with Crippen molar-refractivity contribution in [2.45, 2.75) is 0 Å². The van der Waals surface area contributed by atoms with Gasteiger partial charge in [0.05, 0.1) is 14.2 Å². The van der Waals surface area contributed by atoms with Crippen molar-refractivity contribution in [1.29, 1.82) is 0 Å². The van der Waals surface area contributed by atoms with Crippen molar-refractivity contribution in [2.75, 3.05) is 24.9 Å². The molecule has 0 saturated carbocycles. The highest BCUT2D eigenvalue weighted by molar-refractivity contribution is 7.22. The standard InChI is InChI=1S/C16H14ClN3O3S/c1-22-11-7-8-12(23-2)14-13(11)19-16(24-14)20-15(21)18-10-5-3-9(17)4-6-10/h3-8H,1-2H3,(H2,18,19,20,21). The molecule has 0 aliphatic carbocycles. The highest BCUT2D eigenvalue weighted by Crippen LogP contribution is 2.38. The van der Waals surface area contributed by atoms with Crippen LogP contribution in [0.4, 0.5) is 15.6 Å². The molecule has 2 N–H and O–H groups in total. The molecule has 0 aliphatic rings. The Labute approximate surface area is 147 Å². The van der Waals surface area contributed by atoms with Crippen LogP contribution in [0.25, 0.3) is 10.2 Å². The largest absolute Gasteiger partial charge is 0.495 e. The number of rotatable bonds is 4. The summed E-state index contributed by atoms with van der Waals surface area (Å²) in [6.07, 6.45) is 0. The average molecular weight is 364 g/mol. The molecule has 0 bridgehead atoms. The van der Waals surface area contributed by atoms with Crippen molar-refractivity contribution in [3.8, 4) is 11.5 Å². The van der Waals surface area contributed by atoms with Gasteiger partial charge < -0.3 is 14.8 Å². The SMILES string of the molecule is COc1ccc(OC)c2sc(NC(=O)Nc3ccc(Cl)cc3)nc12. The molecule has 0 unspecified atom stereocenters. The van der Waals surface area contributed by atoms with Gasteiger partial charge in [-0.15, -0.1) is 0 Å². The molecule has 0 atom stereocenters. The zero-order valence-corrected chi connectivity index (χ0v) is 14.5. The first kappa shape index (κ1) is 16.4. The molecule has 1 heterocycles. The number of amides is 2. The van der Waals surface area contributed by atoms with Crippen LogP contribution in [0.15, 0.2) is 36.4 Å². The number of ether oxygens (including phenoxy) is 2. The van der Waals surface area contributed by atoms with E-state index in [4.69, 9.17) is 21.1 Å². The van der Waals surface area contributed by atoms with Gasteiger partial charge in [-0.1, -0.05) is 22.9 Å². The Bertz CT molecular complexity index is 839. The number of aromatic nitrogens is 1. The average Bonchev–Trinajstić information content (AvgIpc) is 2.99. The van der Waals surface area contributed by atoms with Gasteiger partial charge in [-0.3, -0.25) is 5.32 Å². The Morgan fingerprint density at radius 1 is 1.04 bits per heavy atom. The summed E-state index contributed by atoms with van der Waals surface area (Å²) in [5, 5.41) is 6.47. The van der Waals surface area contributed by atoms with E-state index in [1.165, 1.54) is 11.3 Å². The lowest BCUT2D eigenvalue weighted by Gasteiger charge is -2.05. The molecule has 24 heavy (non-hydrogen) atoms. The number of carbonyl (C=O) groups is 1. The smallest absolute Gasteiger partial charge is 0.325 e. The third-order valence-corrected chi connectivity index (χ3v) is 4.47. The lowest BCUT2D eigenvalue weighted by molar-refractivity contribution is 0.262. The molecule has 8 heteroatoms. The number of methoxy groups -OCH3 is 2. The summed E-state index contributed by atoms with van der Waals surface area (Å²) >= 11 is 7.13. The first-order valence-corrected chi connectivity index (χ1v) is 8.15. The number of thiazole rings is 1. The Balaban J connectivity index is 1.82. The summed E-state index contributed by atoms with van der Waals surface area (Å²) in [4.78, 5) is 16.5. The molecular weight excluding hydrogens is 350 g/mol. The van der Waals surface area contributed by atoms with Gasteiger partial charge in [-0.2, -0.15) is 0 Å². The van der Waals surface area contributed by atoms with E-state index in [1.54, 1.807) is 50.6 Å². The molecule has 0 spiro atoms. The Morgan fingerprint density at radius 3 is 2.38 bits per heavy atom. The second-order valence-electron chi connectivity index (χ2n) is 4.75. The second-order valence-corrected chi connectivity index (χ2v) is 6.19. The molecule has 0 aliphatic heterocycles. The summed E-state index contributed by atoms with van der Waals surface area (Å²) in [7, 11) is 3.16. The van der Waals surface area contributed by atoms with Gasteiger partial charge in [-0.25, -0.2) is 9.78 Å². The van der Waals surface area contributed by atoms with Crippen molar-refractivity contribution in [3.63, 3.8) is 0 Å². The number of nitrogens with zero attached hydrogens (tertiary/aromatic N) is 1. The maximum Gasteiger partial charge on any atom is 0.325 e. The number of benzene rings is 2. The monoisotopic (exact) mass is 363 g/mol. The zero-order valence-electron chi connectivity index (χ0n) is 12.9. The Hall–Kier alpha value is -2.51. The van der Waals surface area contributed by atoms with Crippen molar-refractivity contribution in [3.05, 3.63) is 41.4 Å². The van der Waals surface area contributed by atoms with E-state index in [0.29, 0.717) is 32.9 Å². The lowest BCUT2D eigenvalue weighted by Crippen LogP contribution is -2.19. The van der Waals surface area contributed by atoms with Gasteiger partial charge in [-0.05, 0) is 36.4 Å². The van der Waals surface area contributed by atoms with Crippen molar-refractivity contribution < 1.29 is 14.3 Å². The summed E-state index contributed by atoms with van der Waals surface area (Å²) in [5.74, 6) is 1.29. The first-order chi connectivity index (χ1) is 11.6. The van der Waals surface area contributed by atoms with Crippen LogP contribution in [0.5, 0.6) is 11.5 Å². The van der Waals surface area contributed by atoms with Crippen LogP contribution in [0.3, 0.4) is 0 Å². The topological polar surface area (TPSA) is 72.5 Å². The van der Waals surface area contributed by atoms with Crippen LogP contribution < -0.4 is 20.1 Å². The van der Waals surface area contributed by atoms with Gasteiger partial charge in [0.15, 0.2) is 5.13 Å². The van der Waals surface area contributed by atoms with Crippen LogP contribution in [-0.4, -0.2) is 25.2 Å². The van der Waals surface area contributed by atoms with Gasteiger partial charge in [0.1, 0.15) is 21.7 Å². The third-order valence-electron chi connectivity index (χ3n) is 3.23. The molecule has 6 nitrogen and oxygen atoms in total. The van der Waals surface area contributed by atoms with Crippen LogP contribution in [0.2, 0.25) is 5.02 Å². The summed E-state index contributed by atoms with van der Waals surface area (Å²) in [5.41, 5.74) is 1.27. The fourth-order valence-corrected chi connectivity index (χ4v) is 3.23. The molecule has 124 valence electrons. The van der Waals surface area contributed by atoms with E-state index >= 15 is 0 Å². The summed E-state index contributed by atoms with van der Waals surface area (Å²) in [6, 6.07) is 10.0. The van der Waals surface area contributed by atoms with E-state index in [-0.39, 0.29) is 0 Å². The minimum atomic E-state index is -0.394. The number of carbonyl (C=O) groups excluding carboxylic acids is 1. The fraction of sp³-hybridized carbons (Fsp3) is 0.125. The van der Waals surface area contributed by atoms with E-state index in [1.807, 2.05) is 0 Å². The number of hydrogen-bond donors (Lipinski definition) is 2. The minimum Gasteiger partial charge on any atom is -0.495 e. The normalized spacial score (nSPS) is 10.5. The van der Waals surface area contributed by atoms with E-state index in [0.717, 1.165) is 4.70 Å². The molecule has 0 fully saturated rings. The maximum absolute atomic E-state index is 12.1. The molecule has 3 aromatic rings. The Kier molecular flexibility index (Phi) is 4.73. The number of nitrogens with one attached hydrogen (secondary N) is 2. The molecule has 1 aromatic heterocycles. The van der Waals surface area contributed by atoms with Gasteiger partial charge in [0, 0.05) is 10.7 Å². The lowest BCUT2D eigenvalue weighted by atomic mass is 10.3.